The fourth-order valence-corrected chi connectivity index (χ4v) is 2.11. The minimum absolute atomic E-state index is 0.318. The van der Waals surface area contributed by atoms with Gasteiger partial charge < -0.3 is 9.47 Å². The van der Waals surface area contributed by atoms with Gasteiger partial charge in [0, 0.05) is 13.2 Å². The lowest BCUT2D eigenvalue weighted by Crippen LogP contribution is -2.45. The van der Waals surface area contributed by atoms with Gasteiger partial charge in [0.15, 0.2) is 0 Å². The van der Waals surface area contributed by atoms with Crippen molar-refractivity contribution < 1.29 is 4.65 Å². The molecule has 0 saturated carbocycles. The van der Waals surface area contributed by atoms with E-state index in [1.807, 2.05) is 0 Å². The van der Waals surface area contributed by atoms with Gasteiger partial charge in [0.25, 0.3) is 0 Å². The predicted octanol–water partition coefficient (Wildman–Crippen LogP) is 2.42. The zero-order valence-corrected chi connectivity index (χ0v) is 9.36. The Morgan fingerprint density at radius 1 is 1.33 bits per heavy atom. The van der Waals surface area contributed by atoms with E-state index >= 15 is 0 Å². The highest BCUT2D eigenvalue weighted by Gasteiger charge is 2.26. The van der Waals surface area contributed by atoms with Crippen LogP contribution in [0.5, 0.6) is 0 Å². The second kappa shape index (κ2) is 5.33. The van der Waals surface area contributed by atoms with Crippen molar-refractivity contribution >= 4 is 7.05 Å². The third kappa shape index (κ3) is 2.83. The molecule has 1 aromatic carbocycles. The lowest BCUT2D eigenvalue weighted by molar-refractivity contribution is 0.197. The fraction of sp³-hybridized carbons (Fsp3) is 0.500. The summed E-state index contributed by atoms with van der Waals surface area (Å²) in [6.45, 7) is 5.28. The molecule has 1 aliphatic heterocycles. The van der Waals surface area contributed by atoms with Crippen LogP contribution in [0.2, 0.25) is 6.32 Å². The largest absolute Gasteiger partial charge is 0.421 e. The Morgan fingerprint density at radius 2 is 2.13 bits per heavy atom. The van der Waals surface area contributed by atoms with E-state index in [9.17, 15) is 0 Å². The molecule has 1 fully saturated rings. The molecule has 0 atom stereocenters. The van der Waals surface area contributed by atoms with E-state index in [4.69, 9.17) is 4.65 Å². The van der Waals surface area contributed by atoms with Crippen molar-refractivity contribution in [2.75, 3.05) is 13.2 Å². The molecule has 0 aliphatic carbocycles. The third-order valence-electron chi connectivity index (χ3n) is 2.88. The van der Waals surface area contributed by atoms with Gasteiger partial charge in [-0.3, -0.25) is 0 Å². The lowest BCUT2D eigenvalue weighted by atomic mass is 9.75. The molecule has 3 heteroatoms. The van der Waals surface area contributed by atoms with E-state index in [0.29, 0.717) is 7.05 Å². The van der Waals surface area contributed by atoms with Crippen molar-refractivity contribution in [3.05, 3.63) is 35.9 Å². The summed E-state index contributed by atoms with van der Waals surface area (Å²) in [5.41, 5.74) is 1.38. The van der Waals surface area contributed by atoms with Crippen molar-refractivity contribution in [2.45, 2.75) is 26.2 Å². The summed E-state index contributed by atoms with van der Waals surface area (Å²) in [5.74, 6) is 0. The number of hydrogen-bond donors (Lipinski definition) is 0. The molecular weight excluding hydrogens is 185 g/mol. The molecule has 0 unspecified atom stereocenters. The Bertz CT molecular complexity index is 291. The van der Waals surface area contributed by atoms with Gasteiger partial charge in [0.05, 0.1) is 0 Å². The molecule has 1 aliphatic rings. The van der Waals surface area contributed by atoms with E-state index in [0.717, 1.165) is 32.4 Å². The molecule has 80 valence electrons. The minimum Gasteiger partial charge on any atom is -0.421 e. The third-order valence-corrected chi connectivity index (χ3v) is 2.88. The Morgan fingerprint density at radius 3 is 2.87 bits per heavy atom. The molecule has 1 heterocycles. The molecule has 0 bridgehead atoms. The zero-order valence-electron chi connectivity index (χ0n) is 9.36. The molecule has 0 radical (unpaired) electrons. The van der Waals surface area contributed by atoms with Crippen LogP contribution in [0.1, 0.15) is 18.9 Å². The number of nitrogens with zero attached hydrogens (tertiary/aromatic N) is 1. The minimum atomic E-state index is 0.318. The second-order valence-corrected chi connectivity index (χ2v) is 4.04. The van der Waals surface area contributed by atoms with E-state index in [1.165, 1.54) is 5.56 Å². The second-order valence-electron chi connectivity index (χ2n) is 4.04. The summed E-state index contributed by atoms with van der Waals surface area (Å²) in [6, 6.07) is 10.6. The zero-order chi connectivity index (χ0) is 10.5. The first-order chi connectivity index (χ1) is 7.40. The van der Waals surface area contributed by atoms with Crippen molar-refractivity contribution in [1.29, 1.82) is 0 Å². The molecule has 2 nitrogen and oxygen atoms in total. The summed E-state index contributed by atoms with van der Waals surface area (Å²) >= 11 is 0. The lowest BCUT2D eigenvalue weighted by Gasteiger charge is -2.32. The van der Waals surface area contributed by atoms with Gasteiger partial charge in [0.1, 0.15) is 0 Å². The predicted molar refractivity (Wildman–Crippen MR) is 63.7 cm³/mol. The highest BCUT2D eigenvalue weighted by molar-refractivity contribution is 6.48. The van der Waals surface area contributed by atoms with E-state index in [1.54, 1.807) is 0 Å². The van der Waals surface area contributed by atoms with Crippen molar-refractivity contribution in [2.24, 2.45) is 0 Å². The number of rotatable bonds is 3. The molecule has 2 rings (SSSR count). The van der Waals surface area contributed by atoms with Gasteiger partial charge in [-0.25, -0.2) is 0 Å². The highest BCUT2D eigenvalue weighted by atomic mass is 16.4. The van der Waals surface area contributed by atoms with E-state index in [-0.39, 0.29) is 0 Å². The number of hydrogen-bond acceptors (Lipinski definition) is 2. The standard InChI is InChI=1S/C12H18BNO/c1-2-13-14(9-6-10-15-13)11-12-7-4-3-5-8-12/h3-5,7-8H,2,6,9-11H2,1H3. The van der Waals surface area contributed by atoms with Crippen molar-refractivity contribution in [1.82, 2.24) is 4.81 Å². The van der Waals surface area contributed by atoms with Crippen LogP contribution in [0.3, 0.4) is 0 Å². The molecular formula is C12H18BNO. The quantitative estimate of drug-likeness (QED) is 0.699. The van der Waals surface area contributed by atoms with Crippen LogP contribution in [0.25, 0.3) is 0 Å². The molecule has 1 aromatic rings. The van der Waals surface area contributed by atoms with E-state index in [2.05, 4.69) is 42.1 Å². The monoisotopic (exact) mass is 203 g/mol. The Kier molecular flexibility index (Phi) is 3.81. The Labute approximate surface area is 92.4 Å². The molecule has 15 heavy (non-hydrogen) atoms. The van der Waals surface area contributed by atoms with Crippen LogP contribution in [0, 0.1) is 0 Å². The summed E-state index contributed by atoms with van der Waals surface area (Å²) in [7, 11) is 0.318. The van der Waals surface area contributed by atoms with Crippen molar-refractivity contribution in [3.8, 4) is 0 Å². The van der Waals surface area contributed by atoms with Gasteiger partial charge >= 0.3 is 7.05 Å². The van der Waals surface area contributed by atoms with Crippen LogP contribution in [-0.4, -0.2) is 25.0 Å². The Hall–Kier alpha value is -0.795. The van der Waals surface area contributed by atoms with Crippen molar-refractivity contribution in [3.63, 3.8) is 0 Å². The molecule has 1 saturated heterocycles. The van der Waals surface area contributed by atoms with Crippen LogP contribution in [-0.2, 0) is 11.2 Å². The molecule has 0 amide bonds. The summed E-state index contributed by atoms with van der Waals surface area (Å²) in [5, 5.41) is 0. The van der Waals surface area contributed by atoms with Crippen LogP contribution >= 0.6 is 0 Å². The fourth-order valence-electron chi connectivity index (χ4n) is 2.11. The van der Waals surface area contributed by atoms with Gasteiger partial charge in [-0.05, 0) is 24.8 Å². The molecule has 0 N–H and O–H groups in total. The summed E-state index contributed by atoms with van der Waals surface area (Å²) in [6.07, 6.45) is 2.23. The Balaban J connectivity index is 1.97. The average Bonchev–Trinajstić information content (AvgIpc) is 2.31. The number of benzene rings is 1. The first kappa shape index (κ1) is 10.7. The van der Waals surface area contributed by atoms with Gasteiger partial charge in [-0.15, -0.1) is 0 Å². The maximum Gasteiger partial charge on any atom is 0.382 e. The highest BCUT2D eigenvalue weighted by Crippen LogP contribution is 2.14. The average molecular weight is 203 g/mol. The normalized spacial score (nSPS) is 18.1. The van der Waals surface area contributed by atoms with Crippen LogP contribution < -0.4 is 0 Å². The van der Waals surface area contributed by atoms with Gasteiger partial charge in [-0.1, -0.05) is 37.3 Å². The summed E-state index contributed by atoms with van der Waals surface area (Å²) in [4.78, 5) is 2.43. The van der Waals surface area contributed by atoms with E-state index < -0.39 is 0 Å². The maximum absolute atomic E-state index is 5.74. The SMILES string of the molecule is CCB1OCCCN1Cc1ccccc1. The molecule has 0 spiro atoms. The topological polar surface area (TPSA) is 12.5 Å². The van der Waals surface area contributed by atoms with Crippen LogP contribution in [0.15, 0.2) is 30.3 Å². The van der Waals surface area contributed by atoms with Gasteiger partial charge in [-0.2, -0.15) is 0 Å². The maximum atomic E-state index is 5.74. The van der Waals surface area contributed by atoms with Gasteiger partial charge in [0.2, 0.25) is 0 Å². The summed E-state index contributed by atoms with van der Waals surface area (Å²) < 4.78 is 5.74. The first-order valence-electron chi connectivity index (χ1n) is 5.79. The van der Waals surface area contributed by atoms with Crippen LogP contribution in [0.4, 0.5) is 0 Å². The first-order valence-corrected chi connectivity index (χ1v) is 5.79. The molecule has 0 aromatic heterocycles. The smallest absolute Gasteiger partial charge is 0.382 e.